The number of rotatable bonds is 3. The number of benzene rings is 1. The Morgan fingerprint density at radius 2 is 2.25 bits per heavy atom. The van der Waals surface area contributed by atoms with Crippen molar-refractivity contribution in [2.24, 2.45) is 0 Å². The van der Waals surface area contributed by atoms with Gasteiger partial charge < -0.3 is 5.32 Å². The maximum absolute atomic E-state index is 13.7. The quantitative estimate of drug-likeness (QED) is 0.843. The zero-order chi connectivity index (χ0) is 11.4. The number of nitrogens with zero attached hydrogens (tertiary/aromatic N) is 1. The van der Waals surface area contributed by atoms with Gasteiger partial charge in [0.15, 0.2) is 0 Å². The summed E-state index contributed by atoms with van der Waals surface area (Å²) in [6, 6.07) is 7.30. The highest BCUT2D eigenvalue weighted by atomic mass is 19.1. The van der Waals surface area contributed by atoms with Gasteiger partial charge in [-0.15, -0.1) is 0 Å². The number of hydrogen-bond donors (Lipinski definition) is 1. The molecule has 0 aliphatic carbocycles. The summed E-state index contributed by atoms with van der Waals surface area (Å²) in [4.78, 5) is 2.37. The van der Waals surface area contributed by atoms with E-state index in [1.54, 1.807) is 12.1 Å². The van der Waals surface area contributed by atoms with Crippen molar-refractivity contribution in [3.8, 4) is 0 Å². The molecule has 88 valence electrons. The predicted molar refractivity (Wildman–Crippen MR) is 63.9 cm³/mol. The van der Waals surface area contributed by atoms with Crippen molar-refractivity contribution in [3.63, 3.8) is 0 Å². The molecule has 3 heteroatoms. The standard InChI is InChI=1S/C13H19FN2/c1-2-8-16-9-7-15-10-13(16)11-5-3-4-6-12(11)14/h3-6,13,15H,2,7-10H2,1H3. The zero-order valence-electron chi connectivity index (χ0n) is 9.75. The van der Waals surface area contributed by atoms with Gasteiger partial charge in [-0.2, -0.15) is 0 Å². The van der Waals surface area contributed by atoms with Crippen LogP contribution in [0.15, 0.2) is 24.3 Å². The van der Waals surface area contributed by atoms with Crippen LogP contribution in [0.2, 0.25) is 0 Å². The highest BCUT2D eigenvalue weighted by Crippen LogP contribution is 2.24. The molecule has 0 amide bonds. The second kappa shape index (κ2) is 5.41. The molecule has 0 aromatic heterocycles. The van der Waals surface area contributed by atoms with Gasteiger partial charge in [-0.05, 0) is 19.0 Å². The van der Waals surface area contributed by atoms with Gasteiger partial charge in [-0.25, -0.2) is 4.39 Å². The van der Waals surface area contributed by atoms with Gasteiger partial charge in [0.05, 0.1) is 6.04 Å². The van der Waals surface area contributed by atoms with E-state index < -0.39 is 0 Å². The Morgan fingerprint density at radius 3 is 3.00 bits per heavy atom. The molecule has 0 spiro atoms. The monoisotopic (exact) mass is 222 g/mol. The molecule has 2 nitrogen and oxygen atoms in total. The fraction of sp³-hybridized carbons (Fsp3) is 0.538. The molecule has 0 bridgehead atoms. The maximum atomic E-state index is 13.7. The summed E-state index contributed by atoms with van der Waals surface area (Å²) in [5.74, 6) is -0.0858. The van der Waals surface area contributed by atoms with Gasteiger partial charge in [0.2, 0.25) is 0 Å². The van der Waals surface area contributed by atoms with E-state index in [2.05, 4.69) is 17.1 Å². The molecule has 1 aliphatic rings. The van der Waals surface area contributed by atoms with Crippen molar-refractivity contribution in [2.45, 2.75) is 19.4 Å². The lowest BCUT2D eigenvalue weighted by atomic mass is 10.0. The molecule has 0 saturated carbocycles. The third-order valence-electron chi connectivity index (χ3n) is 3.13. The Morgan fingerprint density at radius 1 is 1.44 bits per heavy atom. The number of piperazine rings is 1. The first-order valence-electron chi connectivity index (χ1n) is 6.02. The van der Waals surface area contributed by atoms with E-state index in [0.29, 0.717) is 0 Å². The molecule has 1 atom stereocenters. The minimum absolute atomic E-state index is 0.0858. The lowest BCUT2D eigenvalue weighted by Gasteiger charge is -2.36. The minimum Gasteiger partial charge on any atom is -0.314 e. The molecule has 1 aliphatic heterocycles. The van der Waals surface area contributed by atoms with Crippen molar-refractivity contribution in [3.05, 3.63) is 35.6 Å². The molecule has 16 heavy (non-hydrogen) atoms. The van der Waals surface area contributed by atoms with Gasteiger partial charge in [0.25, 0.3) is 0 Å². The molecule has 1 fully saturated rings. The molecular formula is C13H19FN2. The van der Waals surface area contributed by atoms with Crippen LogP contribution in [0.1, 0.15) is 24.9 Å². The summed E-state index contributed by atoms with van der Waals surface area (Å²) in [7, 11) is 0. The van der Waals surface area contributed by atoms with Crippen molar-refractivity contribution in [2.75, 3.05) is 26.2 Å². The van der Waals surface area contributed by atoms with Crippen LogP contribution >= 0.6 is 0 Å². The highest BCUT2D eigenvalue weighted by molar-refractivity contribution is 5.22. The SMILES string of the molecule is CCCN1CCNCC1c1ccccc1F. The summed E-state index contributed by atoms with van der Waals surface area (Å²) in [5.41, 5.74) is 0.822. The molecule has 1 aromatic rings. The third kappa shape index (κ3) is 2.42. The molecule has 2 rings (SSSR count). The van der Waals surface area contributed by atoms with Crippen LogP contribution in [0.4, 0.5) is 4.39 Å². The normalized spacial score (nSPS) is 22.2. The molecule has 1 N–H and O–H groups in total. The van der Waals surface area contributed by atoms with Gasteiger partial charge in [-0.3, -0.25) is 4.90 Å². The Hall–Kier alpha value is -0.930. The summed E-state index contributed by atoms with van der Waals surface area (Å²) >= 11 is 0. The summed E-state index contributed by atoms with van der Waals surface area (Å²) in [6.45, 7) is 6.07. The topological polar surface area (TPSA) is 15.3 Å². The zero-order valence-corrected chi connectivity index (χ0v) is 9.75. The largest absolute Gasteiger partial charge is 0.314 e. The van der Waals surface area contributed by atoms with Crippen LogP contribution in [0, 0.1) is 5.82 Å². The third-order valence-corrected chi connectivity index (χ3v) is 3.13. The van der Waals surface area contributed by atoms with Crippen LogP contribution in [0.5, 0.6) is 0 Å². The van der Waals surface area contributed by atoms with Crippen molar-refractivity contribution >= 4 is 0 Å². The fourth-order valence-corrected chi connectivity index (χ4v) is 2.35. The Balaban J connectivity index is 2.19. The van der Waals surface area contributed by atoms with E-state index in [1.165, 1.54) is 0 Å². The van der Waals surface area contributed by atoms with Crippen molar-refractivity contribution in [1.82, 2.24) is 10.2 Å². The van der Waals surface area contributed by atoms with E-state index >= 15 is 0 Å². The number of nitrogens with one attached hydrogen (secondary N) is 1. The van der Waals surface area contributed by atoms with Crippen LogP contribution in [-0.2, 0) is 0 Å². The van der Waals surface area contributed by atoms with E-state index in [1.807, 2.05) is 12.1 Å². The average Bonchev–Trinajstić information content (AvgIpc) is 2.31. The van der Waals surface area contributed by atoms with Crippen LogP contribution in [-0.4, -0.2) is 31.1 Å². The first-order valence-corrected chi connectivity index (χ1v) is 6.02. The fourth-order valence-electron chi connectivity index (χ4n) is 2.35. The molecule has 1 saturated heterocycles. The van der Waals surface area contributed by atoms with Gasteiger partial charge in [0.1, 0.15) is 5.82 Å². The van der Waals surface area contributed by atoms with E-state index in [4.69, 9.17) is 0 Å². The first-order chi connectivity index (χ1) is 7.83. The number of halogens is 1. The second-order valence-electron chi connectivity index (χ2n) is 4.28. The molecule has 1 heterocycles. The lowest BCUT2D eigenvalue weighted by Crippen LogP contribution is -2.46. The van der Waals surface area contributed by atoms with Gasteiger partial charge in [0, 0.05) is 25.2 Å². The molecule has 1 unspecified atom stereocenters. The molecule has 0 radical (unpaired) electrons. The van der Waals surface area contributed by atoms with Crippen LogP contribution in [0.3, 0.4) is 0 Å². The summed E-state index contributed by atoms with van der Waals surface area (Å²) in [6.07, 6.45) is 1.12. The van der Waals surface area contributed by atoms with Crippen LogP contribution < -0.4 is 5.32 Å². The van der Waals surface area contributed by atoms with Gasteiger partial charge in [-0.1, -0.05) is 25.1 Å². The minimum atomic E-state index is -0.0858. The average molecular weight is 222 g/mol. The summed E-state index contributed by atoms with van der Waals surface area (Å²) < 4.78 is 13.7. The van der Waals surface area contributed by atoms with E-state index in [-0.39, 0.29) is 11.9 Å². The van der Waals surface area contributed by atoms with Crippen molar-refractivity contribution in [1.29, 1.82) is 0 Å². The molecular weight excluding hydrogens is 203 g/mol. The first kappa shape index (κ1) is 11.6. The predicted octanol–water partition coefficient (Wildman–Crippen LogP) is 2.18. The molecule has 1 aromatic carbocycles. The van der Waals surface area contributed by atoms with E-state index in [0.717, 1.165) is 38.2 Å². The van der Waals surface area contributed by atoms with Gasteiger partial charge >= 0.3 is 0 Å². The van der Waals surface area contributed by atoms with E-state index in [9.17, 15) is 4.39 Å². The smallest absolute Gasteiger partial charge is 0.128 e. The number of hydrogen-bond acceptors (Lipinski definition) is 2. The Labute approximate surface area is 96.5 Å². The highest BCUT2D eigenvalue weighted by Gasteiger charge is 2.24. The Kier molecular flexibility index (Phi) is 3.91. The van der Waals surface area contributed by atoms with Crippen molar-refractivity contribution < 1.29 is 4.39 Å². The maximum Gasteiger partial charge on any atom is 0.128 e. The second-order valence-corrected chi connectivity index (χ2v) is 4.28. The Bertz CT molecular complexity index is 338. The summed E-state index contributed by atoms with van der Waals surface area (Å²) in [5, 5.41) is 3.34. The lowest BCUT2D eigenvalue weighted by molar-refractivity contribution is 0.159. The van der Waals surface area contributed by atoms with Crippen LogP contribution in [0.25, 0.3) is 0 Å².